The lowest BCUT2D eigenvalue weighted by atomic mass is 9.85. The molecule has 2 aliphatic heterocycles. The molecule has 4 aliphatic rings. The highest BCUT2D eigenvalue weighted by atomic mass is 20.0. The van der Waals surface area contributed by atoms with Crippen LogP contribution in [-0.2, 0) is 43.0 Å². The van der Waals surface area contributed by atoms with E-state index in [1.54, 1.807) is 46.4 Å². The Bertz CT molecular complexity index is 2300. The van der Waals surface area contributed by atoms with Gasteiger partial charge in [0.25, 0.3) is 11.8 Å². The number of aliphatic hydroxyl groups is 1. The molecular weight excluding hydrogens is 1060 g/mol. The van der Waals surface area contributed by atoms with Crippen LogP contribution in [0.1, 0.15) is 147 Å². The van der Waals surface area contributed by atoms with E-state index < -0.39 is 112 Å². The van der Waals surface area contributed by atoms with Crippen LogP contribution in [0, 0.1) is 59.2 Å². The first-order valence-electron chi connectivity index (χ1n) is 27.4. The van der Waals surface area contributed by atoms with Gasteiger partial charge in [-0.15, -0.1) is 37.8 Å². The summed E-state index contributed by atoms with van der Waals surface area (Å²) in [5.74, 6) is 1.04. The summed E-state index contributed by atoms with van der Waals surface area (Å²) in [6.45, 7) is 29.5. The molecule has 3 unspecified atom stereocenters. The summed E-state index contributed by atoms with van der Waals surface area (Å²) in [6.07, 6.45) is 16.7. The van der Waals surface area contributed by atoms with Crippen molar-refractivity contribution in [1.29, 1.82) is 0 Å². The van der Waals surface area contributed by atoms with E-state index in [-0.39, 0.29) is 73.1 Å². The van der Waals surface area contributed by atoms with Gasteiger partial charge in [-0.3, -0.25) is 38.3 Å². The summed E-state index contributed by atoms with van der Waals surface area (Å²) in [7, 11) is 0. The molecule has 456 valence electrons. The highest BCUT2D eigenvalue weighted by Crippen LogP contribution is 2.44. The summed E-state index contributed by atoms with van der Waals surface area (Å²) in [6, 6.07) is -5.60. The van der Waals surface area contributed by atoms with Crippen molar-refractivity contribution in [2.24, 2.45) is 34.5 Å². The Hall–Kier alpha value is -6.62. The molecule has 0 aromatic heterocycles. The molecule has 7 N–H and O–H groups in total. The van der Waals surface area contributed by atoms with Crippen molar-refractivity contribution in [1.82, 2.24) is 41.7 Å². The lowest BCUT2D eigenvalue weighted by Gasteiger charge is -2.37. The van der Waals surface area contributed by atoms with E-state index in [0.29, 0.717) is 13.1 Å². The predicted octanol–water partition coefficient (Wildman–Crippen LogP) is 5.43. The minimum Gasteiger partial charge on any atom is -0.444 e. The first-order valence-corrected chi connectivity index (χ1v) is 27.4. The number of terminal acetylenes is 2. The number of halogens is 3. The standard InChI is InChI=1S/C29H46N4O6.C29H44N4O6.F2.FH/c2*1-9-11-15-20(22(34)25(36)30-16-10-2)31-24(35)21-19-14-12-13-18(19)17-33(21)26(37)23(28(3,4)5)32-27(38)39-29(6,7)8;1-2;/h1,10,18-23,34H,2,11-17H2,3-8H3,(H,30,36)(H,31,35)(H,32,38);1,10,18-21,23H,2,11-17H2,3-8H3,(H,30,36)(H,31,35)(H,32,38);;1H/t18-,19-,20?,21-,22?,23+;18-,19-,20?,21-,23+;;/m00../s1. The normalized spacial score (nSPS) is 21.8. The molecule has 0 bridgehead atoms. The van der Waals surface area contributed by atoms with Crippen LogP contribution < -0.4 is 31.9 Å². The molecule has 23 heteroatoms. The minimum absolute atomic E-state index is 0. The first-order chi connectivity index (χ1) is 37.2. The number of alkyl carbamates (subject to hydrolysis) is 2. The number of Topliss-reactive ketones (excluding diaryl/α,β-unsaturated/α-hetero) is 1. The number of nitrogens with one attached hydrogen (secondary N) is 6. The zero-order valence-electron chi connectivity index (χ0n) is 49.5. The van der Waals surface area contributed by atoms with Crippen molar-refractivity contribution < 1.29 is 71.6 Å². The number of fused-ring (bicyclic) bond motifs is 2. The van der Waals surface area contributed by atoms with Gasteiger partial charge in [-0.2, -0.15) is 0 Å². The molecular formula is C58H91F3N8O12. The monoisotopic (exact) mass is 1150 g/mol. The number of amides is 8. The second-order valence-electron chi connectivity index (χ2n) is 25.0. The zero-order chi connectivity index (χ0) is 61.1. The highest BCUT2D eigenvalue weighted by Gasteiger charge is 2.54. The third-order valence-corrected chi connectivity index (χ3v) is 14.3. The summed E-state index contributed by atoms with van der Waals surface area (Å²) in [4.78, 5) is 121. The Morgan fingerprint density at radius 1 is 0.630 bits per heavy atom. The number of ether oxygens (including phenoxy) is 2. The fourth-order valence-electron chi connectivity index (χ4n) is 10.7. The minimum atomic E-state index is -1.52. The molecule has 4 fully saturated rings. The lowest BCUT2D eigenvalue weighted by Crippen LogP contribution is -2.60. The zero-order valence-corrected chi connectivity index (χ0v) is 49.5. The van der Waals surface area contributed by atoms with Gasteiger partial charge < -0.3 is 56.3 Å². The van der Waals surface area contributed by atoms with E-state index in [1.807, 2.05) is 41.5 Å². The van der Waals surface area contributed by atoms with E-state index >= 15 is 0 Å². The van der Waals surface area contributed by atoms with Crippen LogP contribution in [0.25, 0.3) is 0 Å². The van der Waals surface area contributed by atoms with Crippen molar-refractivity contribution in [3.05, 3.63) is 25.3 Å². The molecule has 2 heterocycles. The van der Waals surface area contributed by atoms with Crippen LogP contribution in [0.3, 0.4) is 0 Å². The van der Waals surface area contributed by atoms with Gasteiger partial charge in [-0.05, 0) is 115 Å². The van der Waals surface area contributed by atoms with Gasteiger partial charge in [0.15, 0.2) is 6.10 Å². The van der Waals surface area contributed by atoms with Crippen LogP contribution in [0.5, 0.6) is 0 Å². The average molecular weight is 1150 g/mol. The van der Waals surface area contributed by atoms with Gasteiger partial charge in [0, 0.05) is 48.2 Å². The predicted molar refractivity (Wildman–Crippen MR) is 300 cm³/mol. The highest BCUT2D eigenvalue weighted by molar-refractivity contribution is 6.38. The largest absolute Gasteiger partial charge is 0.444 e. The van der Waals surface area contributed by atoms with Crippen molar-refractivity contribution >= 4 is 53.4 Å². The molecule has 0 aromatic carbocycles. The molecule has 2 saturated heterocycles. The molecule has 0 radical (unpaired) electrons. The van der Waals surface area contributed by atoms with Crippen molar-refractivity contribution in [2.45, 2.75) is 201 Å². The van der Waals surface area contributed by atoms with Gasteiger partial charge >= 0.3 is 12.2 Å². The fraction of sp³-hybridized carbons (Fsp3) is 0.707. The van der Waals surface area contributed by atoms with E-state index in [1.165, 1.54) is 17.1 Å². The average Bonchev–Trinajstić information content (AvgIpc) is 4.17. The number of aliphatic hydroxyl groups excluding tert-OH is 1. The van der Waals surface area contributed by atoms with Crippen LogP contribution in [0.2, 0.25) is 0 Å². The molecule has 81 heavy (non-hydrogen) atoms. The van der Waals surface area contributed by atoms with Gasteiger partial charge in [0.05, 0.1) is 12.1 Å². The summed E-state index contributed by atoms with van der Waals surface area (Å²) in [5, 5.41) is 26.7. The van der Waals surface area contributed by atoms with E-state index in [9.17, 15) is 48.3 Å². The van der Waals surface area contributed by atoms with E-state index in [2.05, 4.69) is 56.9 Å². The number of hydrogen-bond donors (Lipinski definition) is 7. The number of ketones is 1. The van der Waals surface area contributed by atoms with Crippen molar-refractivity contribution in [3.63, 3.8) is 0 Å². The Labute approximate surface area is 476 Å². The molecule has 0 aromatic rings. The third-order valence-electron chi connectivity index (χ3n) is 14.3. The number of carbonyl (C=O) groups is 9. The summed E-state index contributed by atoms with van der Waals surface area (Å²) >= 11 is 0. The number of carbonyl (C=O) groups excluding carboxylic acids is 9. The van der Waals surface area contributed by atoms with Crippen molar-refractivity contribution in [3.8, 4) is 24.7 Å². The van der Waals surface area contributed by atoms with E-state index in [0.717, 1.165) is 38.5 Å². The topological polar surface area (TPSA) is 271 Å². The van der Waals surface area contributed by atoms with Gasteiger partial charge in [0.1, 0.15) is 35.4 Å². The van der Waals surface area contributed by atoms with Gasteiger partial charge in [-0.1, -0.05) is 66.5 Å². The van der Waals surface area contributed by atoms with Crippen LogP contribution >= 0.6 is 0 Å². The lowest BCUT2D eigenvalue weighted by molar-refractivity contribution is -0.144. The Balaban J connectivity index is 0.000000777. The van der Waals surface area contributed by atoms with E-state index in [4.69, 9.17) is 31.5 Å². The quantitative estimate of drug-likeness (QED) is 0.0457. The van der Waals surface area contributed by atoms with Gasteiger partial charge in [-0.25, -0.2) is 9.59 Å². The number of likely N-dealkylation sites (tertiary alicyclic amines) is 2. The smallest absolute Gasteiger partial charge is 0.408 e. The summed E-state index contributed by atoms with van der Waals surface area (Å²) < 4.78 is 26.8. The second kappa shape index (κ2) is 32.1. The SMILES string of the molecule is C#CCCC(NC(=O)[C@@H]1[C@H]2CCC[C@H]2CN1C(=O)[C@@H](NC(=O)OC(C)(C)C)C(C)(C)C)C(=O)C(=O)NCC=C.C#CCCC(NC(=O)[C@@H]1[C@H]2CCC[C@H]2CN1C(=O)[C@@H](NC(=O)OC(C)(C)C)C(C)(C)C)C(O)C(=O)NCC=C.F.FF. The Morgan fingerprint density at radius 2 is 1.02 bits per heavy atom. The maximum atomic E-state index is 14.0. The van der Waals surface area contributed by atoms with Crippen LogP contribution in [-0.4, -0.2) is 148 Å². The molecule has 20 nitrogen and oxygen atoms in total. The third kappa shape index (κ3) is 21.7. The maximum Gasteiger partial charge on any atom is 0.408 e. The van der Waals surface area contributed by atoms with Crippen molar-refractivity contribution in [2.75, 3.05) is 26.2 Å². The van der Waals surface area contributed by atoms with Gasteiger partial charge in [0.2, 0.25) is 29.4 Å². The number of hydrogen-bond acceptors (Lipinski definition) is 12. The van der Waals surface area contributed by atoms with Crippen LogP contribution in [0.4, 0.5) is 23.4 Å². The summed E-state index contributed by atoms with van der Waals surface area (Å²) in [5.41, 5.74) is -2.84. The molecule has 8 amide bonds. The molecule has 2 saturated carbocycles. The molecule has 4 rings (SSSR count). The maximum absolute atomic E-state index is 14.0. The second-order valence-corrected chi connectivity index (χ2v) is 25.0. The fourth-order valence-corrected chi connectivity index (χ4v) is 10.7. The Kier molecular flexibility index (Phi) is 28.7. The number of nitrogens with zero attached hydrogens (tertiary/aromatic N) is 2. The van der Waals surface area contributed by atoms with Crippen LogP contribution in [0.15, 0.2) is 25.3 Å². The molecule has 0 spiro atoms. The Morgan fingerprint density at radius 3 is 1.41 bits per heavy atom. The first kappa shape index (κ1) is 72.4. The molecule has 2 aliphatic carbocycles. The molecule has 11 atom stereocenters. The number of rotatable bonds is 20.